The van der Waals surface area contributed by atoms with Crippen LogP contribution in [-0.2, 0) is 6.42 Å². The molecule has 1 N–H and O–H groups in total. The Kier molecular flexibility index (Phi) is 4.45. The lowest BCUT2D eigenvalue weighted by Gasteiger charge is -2.16. The van der Waals surface area contributed by atoms with Crippen molar-refractivity contribution in [1.29, 1.82) is 0 Å². The minimum Gasteiger partial charge on any atom is -0.494 e. The third-order valence-electron chi connectivity index (χ3n) is 3.01. The van der Waals surface area contributed by atoms with Crippen molar-refractivity contribution in [3.63, 3.8) is 0 Å². The quantitative estimate of drug-likeness (QED) is 0.857. The molecule has 0 saturated heterocycles. The predicted octanol–water partition coefficient (Wildman–Crippen LogP) is 1.52. The molecular weight excluding hydrogens is 226 g/mol. The summed E-state index contributed by atoms with van der Waals surface area (Å²) in [6.45, 7) is 5.51. The van der Waals surface area contributed by atoms with Gasteiger partial charge in [0.1, 0.15) is 5.75 Å². The average Bonchev–Trinajstić information content (AvgIpc) is 2.78. The molecule has 0 unspecified atom stereocenters. The summed E-state index contributed by atoms with van der Waals surface area (Å²) in [5.74, 6) is 1.99. The van der Waals surface area contributed by atoms with E-state index in [0.717, 1.165) is 37.8 Å². The van der Waals surface area contributed by atoms with E-state index in [1.807, 2.05) is 19.1 Å². The number of guanidine groups is 1. The lowest BCUT2D eigenvalue weighted by molar-refractivity contribution is 0.336. The van der Waals surface area contributed by atoms with E-state index in [9.17, 15) is 0 Å². The van der Waals surface area contributed by atoms with Crippen LogP contribution in [0.3, 0.4) is 0 Å². The van der Waals surface area contributed by atoms with Gasteiger partial charge in [-0.15, -0.1) is 0 Å². The van der Waals surface area contributed by atoms with Crippen LogP contribution in [-0.4, -0.2) is 44.1 Å². The highest BCUT2D eigenvalue weighted by Crippen LogP contribution is 2.18. The van der Waals surface area contributed by atoms with Crippen LogP contribution in [0.5, 0.6) is 5.75 Å². The summed E-state index contributed by atoms with van der Waals surface area (Å²) in [4.78, 5) is 6.55. The molecule has 1 aromatic rings. The SMILES string of the molecule is CCOc1ccccc1CCNC1=NCCN1C. The third kappa shape index (κ3) is 3.15. The first kappa shape index (κ1) is 12.7. The van der Waals surface area contributed by atoms with Crippen molar-refractivity contribution in [1.82, 2.24) is 10.2 Å². The minimum absolute atomic E-state index is 0.708. The van der Waals surface area contributed by atoms with Gasteiger partial charge in [0.15, 0.2) is 5.96 Å². The molecule has 4 heteroatoms. The molecule has 0 amide bonds. The fourth-order valence-electron chi connectivity index (χ4n) is 2.04. The molecule has 1 heterocycles. The summed E-state index contributed by atoms with van der Waals surface area (Å²) in [6.07, 6.45) is 0.947. The molecule has 1 aliphatic heterocycles. The van der Waals surface area contributed by atoms with Crippen molar-refractivity contribution in [2.24, 2.45) is 4.99 Å². The topological polar surface area (TPSA) is 36.9 Å². The first-order chi connectivity index (χ1) is 8.81. The first-order valence-corrected chi connectivity index (χ1v) is 6.51. The molecule has 1 aromatic carbocycles. The molecule has 0 atom stereocenters. The normalized spacial score (nSPS) is 14.6. The van der Waals surface area contributed by atoms with Gasteiger partial charge in [0, 0.05) is 20.1 Å². The Bertz CT molecular complexity index is 417. The second-order valence-corrected chi connectivity index (χ2v) is 4.34. The van der Waals surface area contributed by atoms with Crippen LogP contribution in [0.15, 0.2) is 29.3 Å². The summed E-state index contributed by atoms with van der Waals surface area (Å²) in [7, 11) is 2.06. The lowest BCUT2D eigenvalue weighted by Crippen LogP contribution is -2.36. The highest BCUT2D eigenvalue weighted by atomic mass is 16.5. The van der Waals surface area contributed by atoms with E-state index in [1.54, 1.807) is 0 Å². The van der Waals surface area contributed by atoms with Crippen molar-refractivity contribution in [3.05, 3.63) is 29.8 Å². The fraction of sp³-hybridized carbons (Fsp3) is 0.500. The largest absolute Gasteiger partial charge is 0.494 e. The van der Waals surface area contributed by atoms with Crippen molar-refractivity contribution < 1.29 is 4.74 Å². The lowest BCUT2D eigenvalue weighted by atomic mass is 10.1. The van der Waals surface area contributed by atoms with Gasteiger partial charge < -0.3 is 15.0 Å². The molecular formula is C14H21N3O. The van der Waals surface area contributed by atoms with E-state index >= 15 is 0 Å². The maximum atomic E-state index is 5.61. The van der Waals surface area contributed by atoms with E-state index in [2.05, 4.69) is 34.4 Å². The van der Waals surface area contributed by atoms with E-state index in [1.165, 1.54) is 5.56 Å². The standard InChI is InChI=1S/C14H21N3O/c1-3-18-13-7-5-4-6-12(13)8-9-15-14-16-10-11-17(14)2/h4-7H,3,8-11H2,1-2H3,(H,15,16). The Balaban J connectivity index is 1.86. The van der Waals surface area contributed by atoms with Crippen molar-refractivity contribution in [2.45, 2.75) is 13.3 Å². The highest BCUT2D eigenvalue weighted by molar-refractivity contribution is 5.81. The Hall–Kier alpha value is -1.71. The molecule has 0 fully saturated rings. The molecule has 98 valence electrons. The van der Waals surface area contributed by atoms with Crippen LogP contribution in [0.1, 0.15) is 12.5 Å². The van der Waals surface area contributed by atoms with Gasteiger partial charge in [-0.2, -0.15) is 0 Å². The second-order valence-electron chi connectivity index (χ2n) is 4.34. The Morgan fingerprint density at radius 1 is 1.39 bits per heavy atom. The van der Waals surface area contributed by atoms with Crippen LogP contribution in [0.4, 0.5) is 0 Å². The van der Waals surface area contributed by atoms with Crippen LogP contribution in [0.2, 0.25) is 0 Å². The molecule has 0 aliphatic carbocycles. The van der Waals surface area contributed by atoms with Crippen LogP contribution in [0, 0.1) is 0 Å². The molecule has 4 nitrogen and oxygen atoms in total. The van der Waals surface area contributed by atoms with Gasteiger partial charge in [0.05, 0.1) is 13.2 Å². The predicted molar refractivity (Wildman–Crippen MR) is 74.2 cm³/mol. The molecule has 1 aliphatic rings. The van der Waals surface area contributed by atoms with Gasteiger partial charge >= 0.3 is 0 Å². The monoisotopic (exact) mass is 247 g/mol. The molecule has 2 rings (SSSR count). The van der Waals surface area contributed by atoms with Crippen molar-refractivity contribution in [3.8, 4) is 5.75 Å². The molecule has 0 saturated carbocycles. The Morgan fingerprint density at radius 3 is 2.94 bits per heavy atom. The number of benzene rings is 1. The Labute approximate surface area is 109 Å². The molecule has 0 spiro atoms. The number of aliphatic imine (C=N–C) groups is 1. The molecule has 0 bridgehead atoms. The van der Waals surface area contributed by atoms with Crippen LogP contribution < -0.4 is 10.1 Å². The fourth-order valence-corrected chi connectivity index (χ4v) is 2.04. The van der Waals surface area contributed by atoms with Gasteiger partial charge in [0.2, 0.25) is 0 Å². The summed E-state index contributed by atoms with van der Waals surface area (Å²) >= 11 is 0. The first-order valence-electron chi connectivity index (χ1n) is 6.51. The zero-order valence-corrected chi connectivity index (χ0v) is 11.1. The number of hydrogen-bond acceptors (Lipinski definition) is 4. The zero-order chi connectivity index (χ0) is 12.8. The summed E-state index contributed by atoms with van der Waals surface area (Å²) in [5, 5.41) is 3.37. The molecule has 0 aromatic heterocycles. The van der Waals surface area contributed by atoms with E-state index < -0.39 is 0 Å². The minimum atomic E-state index is 0.708. The Morgan fingerprint density at radius 2 is 2.22 bits per heavy atom. The summed E-state index contributed by atoms with van der Waals surface area (Å²) in [6, 6.07) is 8.21. The second kappa shape index (κ2) is 6.28. The average molecular weight is 247 g/mol. The van der Waals surface area contributed by atoms with Gasteiger partial charge in [-0.3, -0.25) is 4.99 Å². The number of rotatable bonds is 5. The number of hydrogen-bond donors (Lipinski definition) is 1. The molecule has 0 radical (unpaired) electrons. The van der Waals surface area contributed by atoms with E-state index in [4.69, 9.17) is 4.74 Å². The summed E-state index contributed by atoms with van der Waals surface area (Å²) < 4.78 is 5.61. The van der Waals surface area contributed by atoms with E-state index in [0.29, 0.717) is 6.61 Å². The maximum absolute atomic E-state index is 5.61. The van der Waals surface area contributed by atoms with Gasteiger partial charge in [-0.25, -0.2) is 0 Å². The van der Waals surface area contributed by atoms with Crippen LogP contribution >= 0.6 is 0 Å². The highest BCUT2D eigenvalue weighted by Gasteiger charge is 2.11. The van der Waals surface area contributed by atoms with Gasteiger partial charge in [-0.05, 0) is 25.0 Å². The van der Waals surface area contributed by atoms with Gasteiger partial charge in [0.25, 0.3) is 0 Å². The number of nitrogens with zero attached hydrogens (tertiary/aromatic N) is 2. The zero-order valence-electron chi connectivity index (χ0n) is 11.1. The van der Waals surface area contributed by atoms with Crippen molar-refractivity contribution >= 4 is 5.96 Å². The van der Waals surface area contributed by atoms with Crippen molar-refractivity contribution in [2.75, 3.05) is 33.3 Å². The number of nitrogens with one attached hydrogen (secondary N) is 1. The number of likely N-dealkylation sites (N-methyl/N-ethyl adjacent to an activating group) is 1. The smallest absolute Gasteiger partial charge is 0.193 e. The molecule has 18 heavy (non-hydrogen) atoms. The summed E-state index contributed by atoms with van der Waals surface area (Å²) in [5.41, 5.74) is 1.24. The maximum Gasteiger partial charge on any atom is 0.193 e. The third-order valence-corrected chi connectivity index (χ3v) is 3.01. The van der Waals surface area contributed by atoms with Crippen LogP contribution in [0.25, 0.3) is 0 Å². The van der Waals surface area contributed by atoms with Gasteiger partial charge in [-0.1, -0.05) is 18.2 Å². The number of ether oxygens (including phenoxy) is 1. The number of para-hydroxylation sites is 1. The van der Waals surface area contributed by atoms with E-state index in [-0.39, 0.29) is 0 Å².